The summed E-state index contributed by atoms with van der Waals surface area (Å²) in [4.78, 5) is 32.3. The van der Waals surface area contributed by atoms with Gasteiger partial charge in [0.1, 0.15) is 11.5 Å². The van der Waals surface area contributed by atoms with E-state index in [4.69, 9.17) is 0 Å². The lowest BCUT2D eigenvalue weighted by molar-refractivity contribution is 0.0194. The van der Waals surface area contributed by atoms with Gasteiger partial charge in [-0.2, -0.15) is 0 Å². The zero-order valence-corrected chi connectivity index (χ0v) is 14.5. The fourth-order valence-electron chi connectivity index (χ4n) is 3.38. The Morgan fingerprint density at radius 2 is 2.12 bits per heavy atom. The summed E-state index contributed by atoms with van der Waals surface area (Å²) in [6.07, 6.45) is 0.946. The summed E-state index contributed by atoms with van der Waals surface area (Å²) in [6, 6.07) is 9.38. The van der Waals surface area contributed by atoms with Crippen molar-refractivity contribution in [2.45, 2.75) is 32.8 Å². The van der Waals surface area contributed by atoms with Crippen LogP contribution in [0, 0.1) is 19.8 Å². The number of piperidine rings is 1. The van der Waals surface area contributed by atoms with Gasteiger partial charge in [0.25, 0.3) is 11.5 Å². The number of nitrogens with one attached hydrogen (secondary N) is 1. The van der Waals surface area contributed by atoms with Gasteiger partial charge < -0.3 is 15.0 Å². The first-order valence-corrected chi connectivity index (χ1v) is 8.54. The monoisotopic (exact) mass is 341 g/mol. The lowest BCUT2D eigenvalue weighted by Crippen LogP contribution is -2.47. The number of benzene rings is 1. The van der Waals surface area contributed by atoms with Crippen LogP contribution in [0.4, 0.5) is 0 Å². The van der Waals surface area contributed by atoms with E-state index in [1.807, 2.05) is 12.1 Å². The minimum absolute atomic E-state index is 0.124. The molecule has 3 rings (SSSR count). The normalized spacial score (nSPS) is 20.5. The van der Waals surface area contributed by atoms with E-state index in [1.54, 1.807) is 11.8 Å². The van der Waals surface area contributed by atoms with Crippen molar-refractivity contribution in [2.75, 3.05) is 13.1 Å². The molecule has 2 atom stereocenters. The first kappa shape index (κ1) is 17.4. The van der Waals surface area contributed by atoms with Gasteiger partial charge >= 0.3 is 0 Å². The fourth-order valence-corrected chi connectivity index (χ4v) is 3.38. The van der Waals surface area contributed by atoms with Gasteiger partial charge in [-0.05, 0) is 43.7 Å². The van der Waals surface area contributed by atoms with Gasteiger partial charge in [0, 0.05) is 19.2 Å². The van der Waals surface area contributed by atoms with Crippen LogP contribution in [0.1, 0.15) is 33.9 Å². The van der Waals surface area contributed by atoms with Crippen molar-refractivity contribution in [2.24, 2.45) is 5.92 Å². The maximum Gasteiger partial charge on any atom is 0.272 e. The molecule has 0 saturated carbocycles. The molecule has 132 valence electrons. The molecule has 6 nitrogen and oxygen atoms in total. The van der Waals surface area contributed by atoms with Crippen molar-refractivity contribution in [1.82, 2.24) is 14.9 Å². The largest absolute Gasteiger partial charge is 0.391 e. The lowest BCUT2D eigenvalue weighted by atomic mass is 9.86. The standard InChI is InChI=1S/C19H23N3O3/c1-12-5-3-4-6-14(12)9-15-7-8-22(11-17(15)23)19(25)16-10-18(24)21-13(2)20-16/h3-6,10,15,17,23H,7-9,11H2,1-2H3,(H,20,21,24)/t15-,17+/m1/s1. The van der Waals surface area contributed by atoms with Crippen LogP contribution in [0.2, 0.25) is 0 Å². The quantitative estimate of drug-likeness (QED) is 0.885. The van der Waals surface area contributed by atoms with E-state index in [0.717, 1.165) is 12.8 Å². The van der Waals surface area contributed by atoms with Crippen LogP contribution in [-0.4, -0.2) is 45.1 Å². The van der Waals surface area contributed by atoms with Crippen LogP contribution in [0.15, 0.2) is 35.1 Å². The van der Waals surface area contributed by atoms with E-state index in [1.165, 1.54) is 17.2 Å². The van der Waals surface area contributed by atoms with E-state index >= 15 is 0 Å². The molecular formula is C19H23N3O3. The predicted molar refractivity (Wildman–Crippen MR) is 94.5 cm³/mol. The molecule has 0 bridgehead atoms. The number of aliphatic hydroxyl groups is 1. The molecule has 0 spiro atoms. The average molecular weight is 341 g/mol. The van der Waals surface area contributed by atoms with E-state index in [0.29, 0.717) is 12.4 Å². The highest BCUT2D eigenvalue weighted by molar-refractivity contribution is 5.92. The highest BCUT2D eigenvalue weighted by atomic mass is 16.3. The number of β-amino-alcohol motifs (C(OH)–C–C–N with tert-alkyl or cyclic N) is 1. The molecule has 0 unspecified atom stereocenters. The second-order valence-electron chi connectivity index (χ2n) is 6.71. The number of rotatable bonds is 3. The molecular weight excluding hydrogens is 318 g/mol. The van der Waals surface area contributed by atoms with Crippen LogP contribution >= 0.6 is 0 Å². The van der Waals surface area contributed by atoms with Crippen molar-refractivity contribution in [3.63, 3.8) is 0 Å². The minimum Gasteiger partial charge on any atom is -0.391 e. The molecule has 0 radical (unpaired) electrons. The number of aromatic nitrogens is 2. The summed E-state index contributed by atoms with van der Waals surface area (Å²) < 4.78 is 0. The highest BCUT2D eigenvalue weighted by Gasteiger charge is 2.31. The van der Waals surface area contributed by atoms with Gasteiger partial charge in [0.15, 0.2) is 0 Å². The van der Waals surface area contributed by atoms with Gasteiger partial charge in [-0.25, -0.2) is 4.98 Å². The summed E-state index contributed by atoms with van der Waals surface area (Å²) in [5.74, 6) is 0.229. The molecule has 1 amide bonds. The zero-order chi connectivity index (χ0) is 18.0. The van der Waals surface area contributed by atoms with Gasteiger partial charge in [-0.1, -0.05) is 24.3 Å². The Labute approximate surface area is 146 Å². The first-order chi connectivity index (χ1) is 11.9. The molecule has 1 aliphatic rings. The molecule has 1 aliphatic heterocycles. The van der Waals surface area contributed by atoms with Crippen LogP contribution in [0.5, 0.6) is 0 Å². The Kier molecular flexibility index (Phi) is 4.99. The number of carbonyl (C=O) groups is 1. The Balaban J connectivity index is 1.68. The topological polar surface area (TPSA) is 86.3 Å². The van der Waals surface area contributed by atoms with Crippen LogP contribution in [0.3, 0.4) is 0 Å². The lowest BCUT2D eigenvalue weighted by Gasteiger charge is -2.36. The molecule has 6 heteroatoms. The molecule has 1 fully saturated rings. The number of amides is 1. The number of aryl methyl sites for hydroxylation is 2. The number of hydrogen-bond acceptors (Lipinski definition) is 4. The second kappa shape index (κ2) is 7.19. The predicted octanol–water partition coefficient (Wildman–Crippen LogP) is 1.45. The van der Waals surface area contributed by atoms with E-state index in [2.05, 4.69) is 29.0 Å². The summed E-state index contributed by atoms with van der Waals surface area (Å²) >= 11 is 0. The maximum atomic E-state index is 12.6. The second-order valence-corrected chi connectivity index (χ2v) is 6.71. The number of aromatic amines is 1. The number of carbonyl (C=O) groups excluding carboxylic acids is 1. The molecule has 1 aromatic heterocycles. The van der Waals surface area contributed by atoms with Crippen LogP contribution in [-0.2, 0) is 6.42 Å². The van der Waals surface area contributed by atoms with E-state index in [9.17, 15) is 14.7 Å². The van der Waals surface area contributed by atoms with Gasteiger partial charge in [0.05, 0.1) is 6.10 Å². The summed E-state index contributed by atoms with van der Waals surface area (Å²) in [6.45, 7) is 4.53. The number of hydrogen-bond donors (Lipinski definition) is 2. The van der Waals surface area contributed by atoms with Crippen LogP contribution in [0.25, 0.3) is 0 Å². The summed E-state index contributed by atoms with van der Waals surface area (Å²) in [5, 5.41) is 10.5. The van der Waals surface area contributed by atoms with Crippen molar-refractivity contribution in [1.29, 1.82) is 0 Å². The molecule has 25 heavy (non-hydrogen) atoms. The van der Waals surface area contributed by atoms with Crippen molar-refractivity contribution >= 4 is 5.91 Å². The molecule has 0 aliphatic carbocycles. The minimum atomic E-state index is -0.583. The first-order valence-electron chi connectivity index (χ1n) is 8.54. The van der Waals surface area contributed by atoms with Gasteiger partial charge in [-0.15, -0.1) is 0 Å². The van der Waals surface area contributed by atoms with Crippen molar-refractivity contribution in [3.8, 4) is 0 Å². The number of nitrogens with zero attached hydrogens (tertiary/aromatic N) is 2. The third kappa shape index (κ3) is 3.96. The Bertz CT molecular complexity index is 831. The SMILES string of the molecule is Cc1nc(C(=O)N2CC[C@H](Cc3ccccc3C)[C@@H](O)C2)cc(=O)[nH]1. The zero-order valence-electron chi connectivity index (χ0n) is 14.5. The molecule has 1 aromatic carbocycles. The summed E-state index contributed by atoms with van der Waals surface area (Å²) in [5.41, 5.74) is 2.24. The third-order valence-corrected chi connectivity index (χ3v) is 4.83. The molecule has 2 aromatic rings. The van der Waals surface area contributed by atoms with Crippen molar-refractivity contribution in [3.05, 3.63) is 63.3 Å². The van der Waals surface area contributed by atoms with Crippen LogP contribution < -0.4 is 5.56 Å². The van der Waals surface area contributed by atoms with E-state index in [-0.39, 0.29) is 29.6 Å². The molecule has 2 N–H and O–H groups in total. The smallest absolute Gasteiger partial charge is 0.272 e. The number of H-pyrrole nitrogens is 1. The Morgan fingerprint density at radius 1 is 1.36 bits per heavy atom. The highest BCUT2D eigenvalue weighted by Crippen LogP contribution is 2.24. The Hall–Kier alpha value is -2.47. The van der Waals surface area contributed by atoms with E-state index < -0.39 is 6.10 Å². The van der Waals surface area contributed by atoms with Gasteiger partial charge in [-0.3, -0.25) is 9.59 Å². The third-order valence-electron chi connectivity index (χ3n) is 4.83. The number of likely N-dealkylation sites (tertiary alicyclic amines) is 1. The fraction of sp³-hybridized carbons (Fsp3) is 0.421. The maximum absolute atomic E-state index is 12.6. The number of aliphatic hydroxyl groups excluding tert-OH is 1. The Morgan fingerprint density at radius 3 is 2.80 bits per heavy atom. The summed E-state index contributed by atoms with van der Waals surface area (Å²) in [7, 11) is 0. The molecule has 2 heterocycles. The van der Waals surface area contributed by atoms with Crippen molar-refractivity contribution < 1.29 is 9.90 Å². The average Bonchev–Trinajstić information content (AvgIpc) is 2.57. The molecule has 1 saturated heterocycles. The van der Waals surface area contributed by atoms with Gasteiger partial charge in [0.2, 0.25) is 0 Å².